The van der Waals surface area contributed by atoms with Crippen molar-refractivity contribution in [1.82, 2.24) is 0 Å². The standard InChI is InChI=1S/C96H85BN2/c1-93(2,3)70-52-67(53-71(60-70)94(4,5)6)75-39-28-30-46-84(75)98-86-50-48-65(62-32-16-13-17-33-62)56-82(86)97-83-57-66(63-34-18-14-19-35-63)49-51-87(83)99(85-47-31-29-40-76(85)68-54-72(95(7,8)9)61-73(55-68)96(10,11)12)89-59-69(58-88(98)92(89)97)90-78-42-24-26-44-80(78)91(81-45-27-25-43-79(81)90)77-41-23-22-38-74(77)64-36-20-15-21-37-64/h13-61H,1-12H3. The Kier molecular flexibility index (Phi) is 15.3. The van der Waals surface area contributed by atoms with Crippen LogP contribution in [-0.2, 0) is 21.7 Å². The summed E-state index contributed by atoms with van der Waals surface area (Å²) in [5.74, 6) is 0. The van der Waals surface area contributed by atoms with Crippen LogP contribution < -0.4 is 26.2 Å². The summed E-state index contributed by atoms with van der Waals surface area (Å²) < 4.78 is 0. The second kappa shape index (κ2) is 24.1. The maximum atomic E-state index is 2.67. The van der Waals surface area contributed by atoms with Gasteiger partial charge in [0.15, 0.2) is 0 Å². The number of anilines is 6. The van der Waals surface area contributed by atoms with Gasteiger partial charge >= 0.3 is 0 Å². The molecular formula is C96H85BN2. The van der Waals surface area contributed by atoms with E-state index in [2.05, 4.69) is 390 Å². The van der Waals surface area contributed by atoms with E-state index in [0.29, 0.717) is 0 Å². The summed E-state index contributed by atoms with van der Waals surface area (Å²) in [4.78, 5) is 5.35. The molecule has 2 heterocycles. The summed E-state index contributed by atoms with van der Waals surface area (Å²) in [5, 5.41) is 4.82. The first-order valence-electron chi connectivity index (χ1n) is 35.4. The van der Waals surface area contributed by atoms with E-state index >= 15 is 0 Å². The lowest BCUT2D eigenvalue weighted by Crippen LogP contribution is -2.61. The van der Waals surface area contributed by atoms with Gasteiger partial charge in [0.05, 0.1) is 11.4 Å². The Morgan fingerprint density at radius 3 is 0.919 bits per heavy atom. The van der Waals surface area contributed by atoms with Crippen LogP contribution in [0.1, 0.15) is 105 Å². The Morgan fingerprint density at radius 2 is 0.535 bits per heavy atom. The van der Waals surface area contributed by atoms with Crippen molar-refractivity contribution in [2.24, 2.45) is 0 Å². The molecule has 99 heavy (non-hydrogen) atoms. The minimum absolute atomic E-state index is 0.101. The maximum absolute atomic E-state index is 2.67. The molecule has 482 valence electrons. The summed E-state index contributed by atoms with van der Waals surface area (Å²) in [6.45, 7) is 28.0. The van der Waals surface area contributed by atoms with Gasteiger partial charge in [-0.15, -0.1) is 0 Å². The van der Waals surface area contributed by atoms with Gasteiger partial charge in [-0.05, 0) is 185 Å². The topological polar surface area (TPSA) is 6.48 Å². The molecule has 0 N–H and O–H groups in total. The highest BCUT2D eigenvalue weighted by Crippen LogP contribution is 2.54. The van der Waals surface area contributed by atoms with E-state index in [1.165, 1.54) is 133 Å². The van der Waals surface area contributed by atoms with E-state index in [4.69, 9.17) is 0 Å². The molecule has 2 aliphatic rings. The number of para-hydroxylation sites is 2. The van der Waals surface area contributed by atoms with Crippen LogP contribution >= 0.6 is 0 Å². The molecule has 2 aliphatic heterocycles. The van der Waals surface area contributed by atoms with Crippen molar-refractivity contribution in [2.45, 2.75) is 105 Å². The van der Waals surface area contributed by atoms with E-state index in [1.807, 2.05) is 0 Å². The first-order valence-corrected chi connectivity index (χ1v) is 35.4. The van der Waals surface area contributed by atoms with Crippen LogP contribution in [-0.4, -0.2) is 6.71 Å². The van der Waals surface area contributed by atoms with Crippen LogP contribution in [0.4, 0.5) is 34.1 Å². The predicted octanol–water partition coefficient (Wildman–Crippen LogP) is 24.9. The lowest BCUT2D eigenvalue weighted by atomic mass is 9.33. The number of hydrogen-bond donors (Lipinski definition) is 0. The highest BCUT2D eigenvalue weighted by molar-refractivity contribution is 7.00. The van der Waals surface area contributed by atoms with Gasteiger partial charge in [-0.1, -0.05) is 344 Å². The predicted molar refractivity (Wildman–Crippen MR) is 428 cm³/mol. The molecule has 0 saturated heterocycles. The third-order valence-corrected chi connectivity index (χ3v) is 21.0. The number of fused-ring (bicyclic) bond motifs is 6. The molecule has 0 amide bonds. The Bertz CT molecular complexity index is 5120. The van der Waals surface area contributed by atoms with Gasteiger partial charge in [0.2, 0.25) is 0 Å². The molecule has 0 spiro atoms. The Morgan fingerprint density at radius 1 is 0.212 bits per heavy atom. The minimum Gasteiger partial charge on any atom is -0.311 e. The van der Waals surface area contributed by atoms with Crippen molar-refractivity contribution in [1.29, 1.82) is 0 Å². The SMILES string of the molecule is CC(C)(C)c1cc(-c2ccccc2N2c3ccc(-c4ccccc4)cc3B3c4cc(-c5ccccc5)ccc4N(c4ccccc4-c4cc(C(C)(C)C)cc(C(C)(C)C)c4)c4cc(-c5c6ccccc6c(-c6ccccc6-c6ccccc6)c6ccccc56)cc2c43)cc(C(C)(C)C)c1. The average molecular weight is 1280 g/mol. The fourth-order valence-corrected chi connectivity index (χ4v) is 15.7. The Hall–Kier alpha value is -10.7. The highest BCUT2D eigenvalue weighted by Gasteiger charge is 2.45. The first-order chi connectivity index (χ1) is 47.7. The molecule has 2 nitrogen and oxygen atoms in total. The zero-order valence-corrected chi connectivity index (χ0v) is 59.3. The molecule has 14 aromatic carbocycles. The van der Waals surface area contributed by atoms with Gasteiger partial charge in [-0.25, -0.2) is 0 Å². The molecule has 0 bridgehead atoms. The zero-order valence-electron chi connectivity index (χ0n) is 59.3. The van der Waals surface area contributed by atoms with Gasteiger partial charge in [0, 0.05) is 33.9 Å². The Balaban J connectivity index is 1.07. The maximum Gasteiger partial charge on any atom is 0.252 e. The smallest absolute Gasteiger partial charge is 0.252 e. The molecule has 14 aromatic rings. The molecule has 3 heteroatoms. The van der Waals surface area contributed by atoms with Crippen molar-refractivity contribution in [3.63, 3.8) is 0 Å². The Labute approximate surface area is 587 Å². The van der Waals surface area contributed by atoms with E-state index in [0.717, 1.165) is 39.7 Å². The third-order valence-electron chi connectivity index (χ3n) is 21.0. The summed E-state index contributed by atoms with van der Waals surface area (Å²) in [7, 11) is 0. The molecule has 0 saturated carbocycles. The van der Waals surface area contributed by atoms with E-state index < -0.39 is 0 Å². The molecule has 0 aromatic heterocycles. The second-order valence-corrected chi connectivity index (χ2v) is 31.7. The van der Waals surface area contributed by atoms with Gasteiger partial charge in [0.25, 0.3) is 6.71 Å². The number of nitrogens with zero attached hydrogens (tertiary/aromatic N) is 2. The van der Waals surface area contributed by atoms with Gasteiger partial charge in [0.1, 0.15) is 0 Å². The molecule has 0 unspecified atom stereocenters. The molecule has 0 fully saturated rings. The van der Waals surface area contributed by atoms with Gasteiger partial charge < -0.3 is 9.80 Å². The summed E-state index contributed by atoms with van der Waals surface area (Å²) >= 11 is 0. The van der Waals surface area contributed by atoms with Gasteiger partial charge in [-0.2, -0.15) is 0 Å². The normalized spacial score (nSPS) is 13.0. The lowest BCUT2D eigenvalue weighted by molar-refractivity contribution is 0.568. The summed E-state index contributed by atoms with van der Waals surface area (Å²) in [6.07, 6.45) is 0. The average Bonchev–Trinajstić information content (AvgIpc) is 0.690. The van der Waals surface area contributed by atoms with Crippen molar-refractivity contribution in [2.75, 3.05) is 9.80 Å². The van der Waals surface area contributed by atoms with Crippen molar-refractivity contribution < 1.29 is 0 Å². The van der Waals surface area contributed by atoms with Crippen LogP contribution in [0.25, 0.3) is 99.4 Å². The van der Waals surface area contributed by atoms with Crippen LogP contribution in [0, 0.1) is 0 Å². The first kappa shape index (κ1) is 63.0. The highest BCUT2D eigenvalue weighted by atomic mass is 15.2. The molecule has 16 rings (SSSR count). The van der Waals surface area contributed by atoms with Gasteiger partial charge in [-0.3, -0.25) is 0 Å². The minimum atomic E-state index is -0.202. The van der Waals surface area contributed by atoms with E-state index in [1.54, 1.807) is 0 Å². The summed E-state index contributed by atoms with van der Waals surface area (Å²) in [5.41, 5.74) is 32.3. The second-order valence-electron chi connectivity index (χ2n) is 31.7. The van der Waals surface area contributed by atoms with Crippen LogP contribution in [0.3, 0.4) is 0 Å². The van der Waals surface area contributed by atoms with E-state index in [-0.39, 0.29) is 28.4 Å². The van der Waals surface area contributed by atoms with Crippen LogP contribution in [0.2, 0.25) is 0 Å². The number of benzene rings is 14. The number of rotatable bonds is 9. The largest absolute Gasteiger partial charge is 0.311 e. The van der Waals surface area contributed by atoms with Crippen LogP contribution in [0.5, 0.6) is 0 Å². The lowest BCUT2D eigenvalue weighted by Gasteiger charge is -2.45. The zero-order chi connectivity index (χ0) is 68.3. The fourth-order valence-electron chi connectivity index (χ4n) is 15.7. The monoisotopic (exact) mass is 1280 g/mol. The number of hydrogen-bond acceptors (Lipinski definition) is 2. The molecular weight excluding hydrogens is 1190 g/mol. The van der Waals surface area contributed by atoms with Crippen molar-refractivity contribution in [3.05, 3.63) is 320 Å². The molecule has 0 aliphatic carbocycles. The van der Waals surface area contributed by atoms with Crippen molar-refractivity contribution >= 4 is 78.8 Å². The fraction of sp³-hybridized carbons (Fsp3) is 0.167. The van der Waals surface area contributed by atoms with Crippen LogP contribution in [0.15, 0.2) is 297 Å². The van der Waals surface area contributed by atoms with E-state index in [9.17, 15) is 0 Å². The van der Waals surface area contributed by atoms with Crippen molar-refractivity contribution in [3.8, 4) is 77.9 Å². The quantitative estimate of drug-likeness (QED) is 0.105. The third kappa shape index (κ3) is 11.2. The molecule has 0 radical (unpaired) electrons. The molecule has 0 atom stereocenters. The summed E-state index contributed by atoms with van der Waals surface area (Å²) in [6, 6.07) is 114.